The summed E-state index contributed by atoms with van der Waals surface area (Å²) < 4.78 is 57.8. The van der Waals surface area contributed by atoms with E-state index in [0.29, 0.717) is 18.7 Å². The summed E-state index contributed by atoms with van der Waals surface area (Å²) in [5, 5.41) is 21.3. The zero-order chi connectivity index (χ0) is 34.5. The zero-order valence-electron chi connectivity index (χ0n) is 26.2. The Kier molecular flexibility index (Phi) is 11.9. The Labute approximate surface area is 290 Å². The molecule has 1 aliphatic heterocycles. The third-order valence-corrected chi connectivity index (χ3v) is 11.0. The molecule has 49 heavy (non-hydrogen) atoms. The van der Waals surface area contributed by atoms with Gasteiger partial charge in [-0.2, -0.15) is 4.72 Å². The second kappa shape index (κ2) is 15.7. The number of nitrogens with zero attached hydrogens (tertiary/aromatic N) is 1. The Bertz CT molecular complexity index is 2040. The highest BCUT2D eigenvalue weighted by Crippen LogP contribution is 2.22. The molecule has 1 heterocycles. The van der Waals surface area contributed by atoms with Crippen molar-refractivity contribution >= 4 is 66.7 Å². The smallest absolute Gasteiger partial charge is 0.335 e. The van der Waals surface area contributed by atoms with E-state index in [9.17, 15) is 26.4 Å². The SMILES string of the molecule is Cl.N=C(N)N1CCC[C@@H](CNC(=O)[C@@H](Cc2ccc(NS(=O)(=O)c3ccc(C(=O)O)cc3)cc2)NS(=O)(=O)c2ccc3ccccc3c2)C1. The second-order valence-electron chi connectivity index (χ2n) is 11.6. The molecule has 7 N–H and O–H groups in total. The monoisotopic (exact) mass is 728 g/mol. The molecular formula is C33H37ClN6O7S2. The number of guanidine groups is 1. The number of aromatic carboxylic acids is 1. The number of nitrogens with one attached hydrogen (secondary N) is 4. The predicted octanol–water partition coefficient (Wildman–Crippen LogP) is 3.37. The third kappa shape index (κ3) is 9.47. The normalized spacial score (nSPS) is 15.5. The van der Waals surface area contributed by atoms with E-state index >= 15 is 0 Å². The molecule has 4 aromatic carbocycles. The molecule has 0 aromatic heterocycles. The number of rotatable bonds is 12. The van der Waals surface area contributed by atoms with Gasteiger partial charge in [0.2, 0.25) is 15.9 Å². The average Bonchev–Trinajstić information content (AvgIpc) is 3.07. The topological polar surface area (TPSA) is 212 Å². The number of nitrogens with two attached hydrogens (primary N) is 1. The van der Waals surface area contributed by atoms with Gasteiger partial charge in [0.05, 0.1) is 15.4 Å². The van der Waals surface area contributed by atoms with Gasteiger partial charge in [-0.3, -0.25) is 14.9 Å². The summed E-state index contributed by atoms with van der Waals surface area (Å²) in [5.74, 6) is -1.72. The van der Waals surface area contributed by atoms with E-state index in [2.05, 4.69) is 14.8 Å². The van der Waals surface area contributed by atoms with Gasteiger partial charge >= 0.3 is 5.97 Å². The third-order valence-electron chi connectivity index (χ3n) is 8.13. The predicted molar refractivity (Wildman–Crippen MR) is 189 cm³/mol. The van der Waals surface area contributed by atoms with Crippen LogP contribution in [0, 0.1) is 11.3 Å². The Hall–Kier alpha value is -4.70. The van der Waals surface area contributed by atoms with Gasteiger partial charge in [0.15, 0.2) is 5.96 Å². The van der Waals surface area contributed by atoms with E-state index in [1.807, 2.05) is 12.1 Å². The number of likely N-dealkylation sites (tertiary alicyclic amines) is 1. The summed E-state index contributed by atoms with van der Waals surface area (Å²) >= 11 is 0. The molecule has 1 amide bonds. The number of halogens is 1. The number of hydrogen-bond donors (Lipinski definition) is 6. The standard InChI is InChI=1S/C33H36N6O7S2.ClH/c34-33(35)39-17-3-4-23(21-39)20-36-31(40)30(38-48(45,46)29-16-9-24-5-1-2-6-26(24)19-29)18-22-7-12-27(13-8-22)37-47(43,44)28-14-10-25(11-15-28)32(41)42;/h1-2,5-16,19,23,30,37-38H,3-4,17-18,20-21H2,(H3,34,35)(H,36,40)(H,41,42);1H/t23-,30+;/m0./s1. The highest BCUT2D eigenvalue weighted by atomic mass is 35.5. The lowest BCUT2D eigenvalue weighted by molar-refractivity contribution is -0.123. The minimum Gasteiger partial charge on any atom is -0.478 e. The highest BCUT2D eigenvalue weighted by Gasteiger charge is 2.28. The first-order valence-electron chi connectivity index (χ1n) is 15.1. The molecule has 5 rings (SSSR count). The van der Waals surface area contributed by atoms with Crippen LogP contribution in [0.2, 0.25) is 0 Å². The summed E-state index contributed by atoms with van der Waals surface area (Å²) in [6, 6.07) is 21.8. The zero-order valence-corrected chi connectivity index (χ0v) is 28.7. The van der Waals surface area contributed by atoms with Crippen LogP contribution in [0.4, 0.5) is 5.69 Å². The average molecular weight is 729 g/mol. The Balaban J connectivity index is 0.00000541. The van der Waals surface area contributed by atoms with Crippen molar-refractivity contribution in [3.05, 3.63) is 102 Å². The van der Waals surface area contributed by atoms with Crippen LogP contribution in [0.5, 0.6) is 0 Å². The van der Waals surface area contributed by atoms with Crippen LogP contribution in [0.25, 0.3) is 10.8 Å². The molecule has 13 nitrogen and oxygen atoms in total. The van der Waals surface area contributed by atoms with Crippen LogP contribution in [0.3, 0.4) is 0 Å². The molecule has 1 aliphatic rings. The number of carboxylic acids is 1. The fourth-order valence-corrected chi connectivity index (χ4v) is 7.82. The van der Waals surface area contributed by atoms with Gasteiger partial charge in [-0.1, -0.05) is 42.5 Å². The van der Waals surface area contributed by atoms with Crippen molar-refractivity contribution in [1.82, 2.24) is 14.9 Å². The molecule has 2 atom stereocenters. The van der Waals surface area contributed by atoms with Crippen LogP contribution >= 0.6 is 12.4 Å². The number of hydrogen-bond acceptors (Lipinski definition) is 7. The molecule has 0 saturated carbocycles. The largest absolute Gasteiger partial charge is 0.478 e. The van der Waals surface area contributed by atoms with Crippen LogP contribution in [0.15, 0.2) is 101 Å². The van der Waals surface area contributed by atoms with Crippen molar-refractivity contribution < 1.29 is 31.5 Å². The molecule has 0 bridgehead atoms. The molecule has 0 aliphatic carbocycles. The lowest BCUT2D eigenvalue weighted by Crippen LogP contribution is -2.51. The Morgan fingerprint density at radius 3 is 2.20 bits per heavy atom. The van der Waals surface area contributed by atoms with Crippen LogP contribution < -0.4 is 20.5 Å². The first-order chi connectivity index (χ1) is 22.8. The molecule has 4 aromatic rings. The van der Waals surface area contributed by atoms with Crippen molar-refractivity contribution in [2.75, 3.05) is 24.4 Å². The maximum absolute atomic E-state index is 13.6. The number of fused-ring (bicyclic) bond motifs is 1. The number of amides is 1. The van der Waals surface area contributed by atoms with Gasteiger partial charge in [0.1, 0.15) is 6.04 Å². The van der Waals surface area contributed by atoms with Gasteiger partial charge in [-0.15, -0.1) is 12.4 Å². The first-order valence-corrected chi connectivity index (χ1v) is 18.1. The maximum atomic E-state index is 13.6. The number of sulfonamides is 2. The van der Waals surface area contributed by atoms with Gasteiger partial charge in [-0.05, 0) is 90.0 Å². The summed E-state index contributed by atoms with van der Waals surface area (Å²) in [7, 11) is -8.17. The van der Waals surface area contributed by atoms with Gasteiger partial charge in [-0.25, -0.2) is 21.6 Å². The number of carbonyl (C=O) groups is 2. The maximum Gasteiger partial charge on any atom is 0.335 e. The van der Waals surface area contributed by atoms with Crippen LogP contribution in [-0.4, -0.2) is 70.4 Å². The number of piperidine rings is 1. The molecule has 0 spiro atoms. The number of carboxylic acid groups (broad SMARTS) is 1. The molecule has 16 heteroatoms. The van der Waals surface area contributed by atoms with Crippen LogP contribution in [0.1, 0.15) is 28.8 Å². The molecule has 1 saturated heterocycles. The number of anilines is 1. The van der Waals surface area contributed by atoms with Crippen molar-refractivity contribution in [2.24, 2.45) is 11.7 Å². The van der Waals surface area contributed by atoms with Gasteiger partial charge in [0.25, 0.3) is 10.0 Å². The lowest BCUT2D eigenvalue weighted by atomic mass is 9.98. The van der Waals surface area contributed by atoms with Gasteiger partial charge < -0.3 is 21.1 Å². The van der Waals surface area contributed by atoms with Crippen LogP contribution in [-0.2, 0) is 31.3 Å². The molecule has 1 fully saturated rings. The second-order valence-corrected chi connectivity index (χ2v) is 15.0. The molecular weight excluding hydrogens is 692 g/mol. The lowest BCUT2D eigenvalue weighted by Gasteiger charge is -2.33. The quantitative estimate of drug-likeness (QED) is 0.0931. The van der Waals surface area contributed by atoms with E-state index in [-0.39, 0.29) is 58.3 Å². The Morgan fingerprint density at radius 2 is 1.55 bits per heavy atom. The fourth-order valence-electron chi connectivity index (χ4n) is 5.53. The van der Waals surface area contributed by atoms with E-state index in [0.717, 1.165) is 23.6 Å². The van der Waals surface area contributed by atoms with Gasteiger partial charge in [0, 0.05) is 25.3 Å². The minimum atomic E-state index is -4.14. The minimum absolute atomic E-state index is 0. The molecule has 260 valence electrons. The van der Waals surface area contributed by atoms with Crippen molar-refractivity contribution in [3.8, 4) is 0 Å². The number of benzene rings is 4. The molecule has 0 radical (unpaired) electrons. The van der Waals surface area contributed by atoms with E-state index in [1.165, 1.54) is 42.5 Å². The summed E-state index contributed by atoms with van der Waals surface area (Å²) in [6.45, 7) is 1.44. The van der Waals surface area contributed by atoms with Crippen molar-refractivity contribution in [2.45, 2.75) is 35.1 Å². The number of carbonyl (C=O) groups excluding carboxylic acids is 1. The highest BCUT2D eigenvalue weighted by molar-refractivity contribution is 7.92. The van der Waals surface area contributed by atoms with Crippen molar-refractivity contribution in [1.29, 1.82) is 5.41 Å². The van der Waals surface area contributed by atoms with E-state index in [4.69, 9.17) is 16.2 Å². The Morgan fingerprint density at radius 1 is 0.898 bits per heavy atom. The van der Waals surface area contributed by atoms with Crippen molar-refractivity contribution in [3.63, 3.8) is 0 Å². The summed E-state index contributed by atoms with van der Waals surface area (Å²) in [6.07, 6.45) is 1.59. The fraction of sp³-hybridized carbons (Fsp3) is 0.242. The summed E-state index contributed by atoms with van der Waals surface area (Å²) in [5.41, 5.74) is 6.38. The summed E-state index contributed by atoms with van der Waals surface area (Å²) in [4.78, 5) is 26.3. The van der Waals surface area contributed by atoms with E-state index in [1.54, 1.807) is 41.3 Å². The molecule has 0 unspecified atom stereocenters. The van der Waals surface area contributed by atoms with E-state index < -0.39 is 38.0 Å². The first kappa shape index (κ1) is 37.1.